The molecule has 0 atom stereocenters. The first kappa shape index (κ1) is 11.2. The number of nitrogens with one attached hydrogen (secondary N) is 1. The van der Waals surface area contributed by atoms with Gasteiger partial charge in [-0.15, -0.1) is 16.4 Å². The first-order chi connectivity index (χ1) is 8.72. The fraction of sp³-hybridized carbons (Fsp3) is 0.231. The van der Waals surface area contributed by atoms with Gasteiger partial charge in [-0.05, 0) is 48.6 Å². The minimum atomic E-state index is 0.674. The number of thiophene rings is 1. The molecule has 0 aliphatic heterocycles. The van der Waals surface area contributed by atoms with E-state index in [1.165, 1.54) is 16.0 Å². The summed E-state index contributed by atoms with van der Waals surface area (Å²) in [6, 6.07) is 6.17. The zero-order valence-electron chi connectivity index (χ0n) is 10.3. The average Bonchev–Trinajstić information content (AvgIpc) is 2.92. The Morgan fingerprint density at radius 2 is 2.22 bits per heavy atom. The quantitative estimate of drug-likeness (QED) is 0.785. The number of pyridine rings is 1. The number of anilines is 1. The van der Waals surface area contributed by atoms with Crippen molar-refractivity contribution in [1.29, 1.82) is 0 Å². The zero-order valence-corrected chi connectivity index (χ0v) is 11.2. The Bertz CT molecular complexity index is 683. The molecule has 0 aromatic carbocycles. The van der Waals surface area contributed by atoms with Crippen molar-refractivity contribution in [2.75, 3.05) is 5.32 Å². The van der Waals surface area contributed by atoms with E-state index in [0.29, 0.717) is 5.95 Å². The fourth-order valence-electron chi connectivity index (χ4n) is 1.80. The van der Waals surface area contributed by atoms with Gasteiger partial charge < -0.3 is 5.32 Å². The van der Waals surface area contributed by atoms with Gasteiger partial charge in [0, 0.05) is 11.1 Å². The van der Waals surface area contributed by atoms with Crippen LogP contribution in [0.25, 0.3) is 5.65 Å². The maximum Gasteiger partial charge on any atom is 0.243 e. The van der Waals surface area contributed by atoms with Crippen molar-refractivity contribution < 1.29 is 0 Å². The molecular weight excluding hydrogens is 244 g/mol. The number of fused-ring (bicyclic) bond motifs is 1. The predicted octanol–water partition coefficient (Wildman–Crippen LogP) is 3.02. The van der Waals surface area contributed by atoms with Crippen LogP contribution in [0.1, 0.15) is 16.0 Å². The predicted molar refractivity (Wildman–Crippen MR) is 74.1 cm³/mol. The molecule has 0 fully saturated rings. The number of rotatable bonds is 3. The minimum absolute atomic E-state index is 0.674. The summed E-state index contributed by atoms with van der Waals surface area (Å²) in [6.07, 6.45) is 1.93. The number of aryl methyl sites for hydroxylation is 2. The third kappa shape index (κ3) is 2.09. The molecule has 1 N–H and O–H groups in total. The van der Waals surface area contributed by atoms with E-state index in [1.807, 2.05) is 18.3 Å². The average molecular weight is 258 g/mol. The SMILES string of the molecule is Cc1ccn2nc(NCc3sccc3C)nc2c1. The molecule has 0 radical (unpaired) electrons. The second-order valence-electron chi connectivity index (χ2n) is 4.32. The summed E-state index contributed by atoms with van der Waals surface area (Å²) in [5.74, 6) is 0.674. The van der Waals surface area contributed by atoms with Crippen LogP contribution in [0, 0.1) is 13.8 Å². The monoisotopic (exact) mass is 258 g/mol. The largest absolute Gasteiger partial charge is 0.348 e. The lowest BCUT2D eigenvalue weighted by atomic mass is 10.3. The summed E-state index contributed by atoms with van der Waals surface area (Å²) in [7, 11) is 0. The Hall–Kier alpha value is -1.88. The van der Waals surface area contributed by atoms with Crippen molar-refractivity contribution in [3.63, 3.8) is 0 Å². The second kappa shape index (κ2) is 4.42. The number of nitrogens with zero attached hydrogens (tertiary/aromatic N) is 3. The Morgan fingerprint density at radius 3 is 3.00 bits per heavy atom. The molecule has 0 saturated carbocycles. The molecule has 0 saturated heterocycles. The molecule has 3 heterocycles. The molecule has 18 heavy (non-hydrogen) atoms. The molecule has 3 rings (SSSR count). The van der Waals surface area contributed by atoms with E-state index >= 15 is 0 Å². The molecule has 0 bridgehead atoms. The van der Waals surface area contributed by atoms with Crippen molar-refractivity contribution in [1.82, 2.24) is 14.6 Å². The summed E-state index contributed by atoms with van der Waals surface area (Å²) < 4.78 is 1.79. The van der Waals surface area contributed by atoms with Crippen molar-refractivity contribution in [2.24, 2.45) is 0 Å². The highest BCUT2D eigenvalue weighted by molar-refractivity contribution is 7.10. The van der Waals surface area contributed by atoms with Gasteiger partial charge in [0.1, 0.15) is 0 Å². The number of aromatic nitrogens is 3. The standard InChI is InChI=1S/C13H14N4S/c1-9-3-5-17-12(7-9)15-13(16-17)14-8-11-10(2)4-6-18-11/h3-7H,8H2,1-2H3,(H,14,16). The van der Waals surface area contributed by atoms with E-state index < -0.39 is 0 Å². The molecule has 0 aliphatic rings. The molecule has 0 aliphatic carbocycles. The Labute approximate surface area is 109 Å². The lowest BCUT2D eigenvalue weighted by Crippen LogP contribution is -2.00. The summed E-state index contributed by atoms with van der Waals surface area (Å²) >= 11 is 1.75. The van der Waals surface area contributed by atoms with Gasteiger partial charge in [0.2, 0.25) is 5.95 Å². The van der Waals surface area contributed by atoms with Crippen LogP contribution in [0.5, 0.6) is 0 Å². The zero-order chi connectivity index (χ0) is 12.5. The molecule has 4 nitrogen and oxygen atoms in total. The van der Waals surface area contributed by atoms with Crippen molar-refractivity contribution in [3.05, 3.63) is 45.8 Å². The summed E-state index contributed by atoms with van der Waals surface area (Å²) in [4.78, 5) is 5.77. The van der Waals surface area contributed by atoms with E-state index in [-0.39, 0.29) is 0 Å². The first-order valence-electron chi connectivity index (χ1n) is 5.82. The lowest BCUT2D eigenvalue weighted by molar-refractivity contribution is 0.949. The van der Waals surface area contributed by atoms with Gasteiger partial charge in [0.25, 0.3) is 0 Å². The van der Waals surface area contributed by atoms with Crippen LogP contribution in [0.2, 0.25) is 0 Å². The van der Waals surface area contributed by atoms with Crippen molar-refractivity contribution >= 4 is 22.9 Å². The van der Waals surface area contributed by atoms with Crippen molar-refractivity contribution in [3.8, 4) is 0 Å². The van der Waals surface area contributed by atoms with E-state index in [1.54, 1.807) is 15.9 Å². The minimum Gasteiger partial charge on any atom is -0.348 e. The Kier molecular flexibility index (Phi) is 2.76. The fourth-order valence-corrected chi connectivity index (χ4v) is 2.65. The highest BCUT2D eigenvalue weighted by Gasteiger charge is 2.04. The molecule has 92 valence electrons. The third-order valence-electron chi connectivity index (χ3n) is 2.87. The van der Waals surface area contributed by atoms with Gasteiger partial charge in [-0.2, -0.15) is 4.98 Å². The lowest BCUT2D eigenvalue weighted by Gasteiger charge is -1.99. The number of hydrogen-bond donors (Lipinski definition) is 1. The number of hydrogen-bond acceptors (Lipinski definition) is 4. The smallest absolute Gasteiger partial charge is 0.243 e. The van der Waals surface area contributed by atoms with Crippen LogP contribution < -0.4 is 5.32 Å². The van der Waals surface area contributed by atoms with Crippen LogP contribution in [-0.2, 0) is 6.54 Å². The van der Waals surface area contributed by atoms with Crippen LogP contribution in [0.15, 0.2) is 29.8 Å². The van der Waals surface area contributed by atoms with Gasteiger partial charge >= 0.3 is 0 Å². The van der Waals surface area contributed by atoms with Crippen LogP contribution in [-0.4, -0.2) is 14.6 Å². The van der Waals surface area contributed by atoms with E-state index in [2.05, 4.69) is 40.7 Å². The Balaban J connectivity index is 1.81. The van der Waals surface area contributed by atoms with Crippen LogP contribution in [0.4, 0.5) is 5.95 Å². The summed E-state index contributed by atoms with van der Waals surface area (Å²) in [5.41, 5.74) is 3.38. The molecule has 3 aromatic heterocycles. The van der Waals surface area contributed by atoms with Crippen molar-refractivity contribution in [2.45, 2.75) is 20.4 Å². The second-order valence-corrected chi connectivity index (χ2v) is 5.32. The first-order valence-corrected chi connectivity index (χ1v) is 6.70. The van der Waals surface area contributed by atoms with Crippen LogP contribution >= 0.6 is 11.3 Å². The topological polar surface area (TPSA) is 42.2 Å². The highest BCUT2D eigenvalue weighted by atomic mass is 32.1. The van der Waals surface area contributed by atoms with Gasteiger partial charge in [0.15, 0.2) is 5.65 Å². The molecule has 0 unspecified atom stereocenters. The normalized spacial score (nSPS) is 11.0. The van der Waals surface area contributed by atoms with Crippen LogP contribution in [0.3, 0.4) is 0 Å². The third-order valence-corrected chi connectivity index (χ3v) is 3.89. The van der Waals surface area contributed by atoms with Gasteiger partial charge in [0.05, 0.1) is 6.54 Å². The maximum atomic E-state index is 4.45. The molecule has 3 aromatic rings. The summed E-state index contributed by atoms with van der Waals surface area (Å²) in [6.45, 7) is 4.95. The molecule has 0 spiro atoms. The Morgan fingerprint density at radius 1 is 1.33 bits per heavy atom. The maximum absolute atomic E-state index is 4.45. The van der Waals surface area contributed by atoms with Gasteiger partial charge in [-0.3, -0.25) is 0 Å². The molecule has 5 heteroatoms. The summed E-state index contributed by atoms with van der Waals surface area (Å²) in [5, 5.41) is 9.75. The molecule has 0 amide bonds. The van der Waals surface area contributed by atoms with E-state index in [4.69, 9.17) is 0 Å². The van der Waals surface area contributed by atoms with E-state index in [0.717, 1.165) is 12.2 Å². The molecular formula is C13H14N4S. The van der Waals surface area contributed by atoms with Gasteiger partial charge in [-0.1, -0.05) is 0 Å². The van der Waals surface area contributed by atoms with Gasteiger partial charge in [-0.25, -0.2) is 4.52 Å². The highest BCUT2D eigenvalue weighted by Crippen LogP contribution is 2.16. The van der Waals surface area contributed by atoms with E-state index in [9.17, 15) is 0 Å².